The molecule has 4 aromatic rings. The van der Waals surface area contributed by atoms with Crippen LogP contribution in [0.1, 0.15) is 12.0 Å². The molecule has 164 valence electrons. The summed E-state index contributed by atoms with van der Waals surface area (Å²) in [7, 11) is -2.39. The standard InChI is InChI=1S/C24H23N3O4S/c1-31-23-12-5-4-11-22(23)27-32(29,30)19-8-6-7-18(15-19)26-24(28)14-13-17-16-25-21-10-3-2-9-20(17)21/h2-12,15-16,25,27H,13-14H2,1H3,(H,26,28). The van der Waals surface area contributed by atoms with Crippen molar-refractivity contribution in [2.24, 2.45) is 0 Å². The summed E-state index contributed by atoms with van der Waals surface area (Å²) in [6, 6.07) is 20.8. The highest BCUT2D eigenvalue weighted by Crippen LogP contribution is 2.27. The number of rotatable bonds is 8. The molecule has 0 aliphatic carbocycles. The van der Waals surface area contributed by atoms with Crippen LogP contribution in [-0.4, -0.2) is 26.4 Å². The zero-order chi connectivity index (χ0) is 22.6. The van der Waals surface area contributed by atoms with E-state index in [9.17, 15) is 13.2 Å². The number of ether oxygens (including phenoxy) is 1. The van der Waals surface area contributed by atoms with E-state index in [1.807, 2.05) is 30.5 Å². The van der Waals surface area contributed by atoms with Crippen LogP contribution in [0.25, 0.3) is 10.9 Å². The van der Waals surface area contributed by atoms with Crippen LogP contribution in [-0.2, 0) is 21.2 Å². The minimum absolute atomic E-state index is 0.0397. The summed E-state index contributed by atoms with van der Waals surface area (Å²) in [5, 5.41) is 3.88. The van der Waals surface area contributed by atoms with Crippen LogP contribution < -0.4 is 14.8 Å². The number of hydrogen-bond acceptors (Lipinski definition) is 4. The first-order valence-corrected chi connectivity index (χ1v) is 11.6. The molecular formula is C24H23N3O4S. The number of carbonyl (C=O) groups is 1. The third-order valence-corrected chi connectivity index (χ3v) is 6.44. The fraction of sp³-hybridized carbons (Fsp3) is 0.125. The van der Waals surface area contributed by atoms with Gasteiger partial charge in [0.25, 0.3) is 10.0 Å². The second kappa shape index (κ2) is 9.15. The van der Waals surface area contributed by atoms with Gasteiger partial charge in [-0.3, -0.25) is 9.52 Å². The van der Waals surface area contributed by atoms with Crippen LogP contribution in [0.2, 0.25) is 0 Å². The number of anilines is 2. The van der Waals surface area contributed by atoms with Crippen molar-refractivity contribution >= 4 is 38.2 Å². The maximum Gasteiger partial charge on any atom is 0.262 e. The highest BCUT2D eigenvalue weighted by Gasteiger charge is 2.17. The Morgan fingerprint density at radius 1 is 1.00 bits per heavy atom. The number of sulfonamides is 1. The number of aryl methyl sites for hydroxylation is 1. The van der Waals surface area contributed by atoms with E-state index >= 15 is 0 Å². The fourth-order valence-corrected chi connectivity index (χ4v) is 4.60. The first kappa shape index (κ1) is 21.5. The number of amides is 1. The molecule has 0 unspecified atom stereocenters. The van der Waals surface area contributed by atoms with Gasteiger partial charge >= 0.3 is 0 Å². The van der Waals surface area contributed by atoms with Crippen molar-refractivity contribution in [1.82, 2.24) is 4.98 Å². The largest absolute Gasteiger partial charge is 0.495 e. The highest BCUT2D eigenvalue weighted by molar-refractivity contribution is 7.92. The van der Waals surface area contributed by atoms with E-state index in [0.717, 1.165) is 16.5 Å². The highest BCUT2D eigenvalue weighted by atomic mass is 32.2. The lowest BCUT2D eigenvalue weighted by atomic mass is 10.1. The lowest BCUT2D eigenvalue weighted by molar-refractivity contribution is -0.116. The number of nitrogens with one attached hydrogen (secondary N) is 3. The molecular weight excluding hydrogens is 426 g/mol. The van der Waals surface area contributed by atoms with E-state index in [2.05, 4.69) is 15.0 Å². The Morgan fingerprint density at radius 2 is 1.78 bits per heavy atom. The molecule has 8 heteroatoms. The molecule has 0 radical (unpaired) electrons. The molecule has 3 aromatic carbocycles. The molecule has 4 rings (SSSR count). The summed E-state index contributed by atoms with van der Waals surface area (Å²) < 4.78 is 33.4. The third-order valence-electron chi connectivity index (χ3n) is 5.08. The Kier molecular flexibility index (Phi) is 6.13. The van der Waals surface area contributed by atoms with Crippen LogP contribution in [0.4, 0.5) is 11.4 Å². The molecule has 0 atom stereocenters. The van der Waals surface area contributed by atoms with Gasteiger partial charge in [0.1, 0.15) is 5.75 Å². The average Bonchev–Trinajstić information content (AvgIpc) is 3.21. The number of methoxy groups -OCH3 is 1. The minimum Gasteiger partial charge on any atom is -0.495 e. The van der Waals surface area contributed by atoms with Crippen LogP contribution in [0, 0.1) is 0 Å². The van der Waals surface area contributed by atoms with Gasteiger partial charge in [0, 0.05) is 29.2 Å². The molecule has 1 heterocycles. The van der Waals surface area contributed by atoms with Gasteiger partial charge in [0.2, 0.25) is 5.91 Å². The van der Waals surface area contributed by atoms with Crippen LogP contribution in [0.15, 0.2) is 83.9 Å². The summed E-state index contributed by atoms with van der Waals surface area (Å²) in [6.45, 7) is 0. The van der Waals surface area contributed by atoms with E-state index < -0.39 is 10.0 Å². The van der Waals surface area contributed by atoms with Crippen molar-refractivity contribution in [3.05, 3.63) is 84.6 Å². The monoisotopic (exact) mass is 449 g/mol. The third kappa shape index (κ3) is 4.76. The molecule has 0 aliphatic heterocycles. The van der Waals surface area contributed by atoms with Gasteiger partial charge in [-0.2, -0.15) is 0 Å². The Morgan fingerprint density at radius 3 is 2.62 bits per heavy atom. The number of aromatic nitrogens is 1. The molecule has 7 nitrogen and oxygen atoms in total. The average molecular weight is 450 g/mol. The number of benzene rings is 3. The van der Waals surface area contributed by atoms with Gasteiger partial charge in [-0.1, -0.05) is 36.4 Å². The normalized spacial score (nSPS) is 11.3. The van der Waals surface area contributed by atoms with Gasteiger partial charge in [-0.05, 0) is 48.4 Å². The molecule has 0 spiro atoms. The van der Waals surface area contributed by atoms with E-state index in [1.165, 1.54) is 19.2 Å². The summed E-state index contributed by atoms with van der Waals surface area (Å²) in [5.74, 6) is 0.223. The summed E-state index contributed by atoms with van der Waals surface area (Å²) >= 11 is 0. The van der Waals surface area contributed by atoms with Crippen molar-refractivity contribution in [2.75, 3.05) is 17.1 Å². The number of carbonyl (C=O) groups excluding carboxylic acids is 1. The van der Waals surface area contributed by atoms with Gasteiger partial charge in [-0.25, -0.2) is 8.42 Å². The van der Waals surface area contributed by atoms with E-state index in [0.29, 0.717) is 23.5 Å². The fourth-order valence-electron chi connectivity index (χ4n) is 3.48. The number of para-hydroxylation sites is 3. The zero-order valence-corrected chi connectivity index (χ0v) is 18.3. The molecule has 0 bridgehead atoms. The van der Waals surface area contributed by atoms with Crippen molar-refractivity contribution in [3.63, 3.8) is 0 Å². The summed E-state index contributed by atoms with van der Waals surface area (Å²) in [6.07, 6.45) is 2.76. The lowest BCUT2D eigenvalue weighted by Crippen LogP contribution is -2.15. The minimum atomic E-state index is -3.86. The summed E-state index contributed by atoms with van der Waals surface area (Å²) in [5.41, 5.74) is 2.84. The van der Waals surface area contributed by atoms with Crippen LogP contribution >= 0.6 is 0 Å². The predicted octanol–water partition coefficient (Wildman–Crippen LogP) is 4.55. The van der Waals surface area contributed by atoms with Gasteiger partial charge in [0.15, 0.2) is 0 Å². The zero-order valence-electron chi connectivity index (χ0n) is 17.5. The van der Waals surface area contributed by atoms with Gasteiger partial charge < -0.3 is 15.0 Å². The topological polar surface area (TPSA) is 100 Å². The van der Waals surface area contributed by atoms with Crippen LogP contribution in [0.5, 0.6) is 5.75 Å². The molecule has 1 amide bonds. The second-order valence-electron chi connectivity index (χ2n) is 7.24. The smallest absolute Gasteiger partial charge is 0.262 e. The van der Waals surface area contributed by atoms with E-state index in [-0.39, 0.29) is 17.2 Å². The van der Waals surface area contributed by atoms with Crippen molar-refractivity contribution in [2.45, 2.75) is 17.7 Å². The first-order chi connectivity index (χ1) is 15.5. The Hall–Kier alpha value is -3.78. The molecule has 32 heavy (non-hydrogen) atoms. The van der Waals surface area contributed by atoms with Gasteiger partial charge in [0.05, 0.1) is 17.7 Å². The van der Waals surface area contributed by atoms with Crippen molar-refractivity contribution < 1.29 is 17.9 Å². The predicted molar refractivity (Wildman–Crippen MR) is 125 cm³/mol. The molecule has 0 saturated carbocycles. The molecule has 1 aromatic heterocycles. The number of fused-ring (bicyclic) bond motifs is 1. The quantitative estimate of drug-likeness (QED) is 0.367. The Labute approximate surface area is 186 Å². The maximum atomic E-state index is 12.8. The summed E-state index contributed by atoms with van der Waals surface area (Å²) in [4.78, 5) is 15.7. The van der Waals surface area contributed by atoms with E-state index in [4.69, 9.17) is 4.74 Å². The first-order valence-electron chi connectivity index (χ1n) is 10.1. The number of aromatic amines is 1. The Balaban J connectivity index is 1.43. The molecule has 3 N–H and O–H groups in total. The molecule has 0 saturated heterocycles. The maximum absolute atomic E-state index is 12.8. The lowest BCUT2D eigenvalue weighted by Gasteiger charge is -2.12. The van der Waals surface area contributed by atoms with Crippen molar-refractivity contribution in [3.8, 4) is 5.75 Å². The van der Waals surface area contributed by atoms with Gasteiger partial charge in [-0.15, -0.1) is 0 Å². The van der Waals surface area contributed by atoms with Crippen LogP contribution in [0.3, 0.4) is 0 Å². The SMILES string of the molecule is COc1ccccc1NS(=O)(=O)c1cccc(NC(=O)CCc2c[nH]c3ccccc23)c1. The number of hydrogen-bond donors (Lipinski definition) is 3. The number of H-pyrrole nitrogens is 1. The van der Waals surface area contributed by atoms with Crippen molar-refractivity contribution in [1.29, 1.82) is 0 Å². The second-order valence-corrected chi connectivity index (χ2v) is 8.92. The molecule has 0 fully saturated rings. The Bertz CT molecular complexity index is 1360. The molecule has 0 aliphatic rings. The van der Waals surface area contributed by atoms with E-state index in [1.54, 1.807) is 36.4 Å².